The summed E-state index contributed by atoms with van der Waals surface area (Å²) in [6, 6.07) is 12.1. The van der Waals surface area contributed by atoms with Crippen LogP contribution in [0.4, 0.5) is 0 Å². The zero-order chi connectivity index (χ0) is 38.0. The van der Waals surface area contributed by atoms with E-state index >= 15 is 0 Å². The van der Waals surface area contributed by atoms with Crippen molar-refractivity contribution >= 4 is 44.6 Å². The zero-order valence-electron chi connectivity index (χ0n) is 31.8. The Bertz CT molecular complexity index is 2300. The van der Waals surface area contributed by atoms with Crippen molar-refractivity contribution in [2.24, 2.45) is 7.05 Å². The number of aromatic nitrogens is 3. The molecule has 2 bridgehead atoms. The Balaban J connectivity index is 1.19. The van der Waals surface area contributed by atoms with Crippen molar-refractivity contribution in [2.75, 3.05) is 53.6 Å². The molecule has 2 amide bonds. The van der Waals surface area contributed by atoms with E-state index in [9.17, 15) is 18.0 Å². The number of fused-ring (bicyclic) bond motifs is 7. The highest BCUT2D eigenvalue weighted by Gasteiger charge is 2.43. The number of ether oxygens (including phenoxy) is 2. The highest BCUT2D eigenvalue weighted by Crippen LogP contribution is 2.48. The lowest BCUT2D eigenvalue weighted by Gasteiger charge is -2.39. The predicted octanol–water partition coefficient (Wildman–Crippen LogP) is 4.88. The van der Waals surface area contributed by atoms with Gasteiger partial charge in [-0.25, -0.2) is 4.72 Å². The summed E-state index contributed by atoms with van der Waals surface area (Å²) in [6.45, 7) is 3.07. The maximum absolute atomic E-state index is 14.6. The Morgan fingerprint density at radius 2 is 1.67 bits per heavy atom. The smallest absolute Gasteiger partial charge is 0.304 e. The number of hydrogen-bond acceptors (Lipinski definition) is 8. The van der Waals surface area contributed by atoms with Crippen LogP contribution in [0.15, 0.2) is 42.6 Å². The fourth-order valence-corrected chi connectivity index (χ4v) is 11.0. The molecule has 14 heteroatoms. The Kier molecular flexibility index (Phi) is 9.35. The molecule has 290 valence electrons. The van der Waals surface area contributed by atoms with Crippen LogP contribution >= 0.6 is 0 Å². The van der Waals surface area contributed by atoms with E-state index in [0.717, 1.165) is 96.4 Å². The second-order valence-corrected chi connectivity index (χ2v) is 17.5. The van der Waals surface area contributed by atoms with Crippen LogP contribution in [0.5, 0.6) is 5.75 Å². The van der Waals surface area contributed by atoms with E-state index in [2.05, 4.69) is 49.4 Å². The van der Waals surface area contributed by atoms with Crippen LogP contribution in [-0.2, 0) is 28.5 Å². The summed E-state index contributed by atoms with van der Waals surface area (Å²) in [5.74, 6) is 0.375. The number of carbonyl (C=O) groups excluding carboxylic acids is 2. The number of amides is 2. The summed E-state index contributed by atoms with van der Waals surface area (Å²) in [5, 5.41) is 5.73. The van der Waals surface area contributed by atoms with E-state index in [1.807, 2.05) is 29.9 Å². The van der Waals surface area contributed by atoms with E-state index in [1.165, 1.54) is 16.3 Å². The van der Waals surface area contributed by atoms with Gasteiger partial charge in [0.2, 0.25) is 0 Å². The molecule has 2 atom stereocenters. The van der Waals surface area contributed by atoms with Crippen molar-refractivity contribution in [2.45, 2.75) is 69.5 Å². The van der Waals surface area contributed by atoms with Gasteiger partial charge in [0.05, 0.1) is 50.0 Å². The molecule has 1 saturated carbocycles. The summed E-state index contributed by atoms with van der Waals surface area (Å²) < 4.78 is 45.2. The number of morpholine rings is 1. The molecule has 0 spiro atoms. The maximum Gasteiger partial charge on any atom is 0.304 e. The van der Waals surface area contributed by atoms with Crippen LogP contribution in [0.3, 0.4) is 0 Å². The van der Waals surface area contributed by atoms with Crippen LogP contribution in [0, 0.1) is 0 Å². The number of rotatable bonds is 7. The first kappa shape index (κ1) is 36.2. The van der Waals surface area contributed by atoms with Crippen molar-refractivity contribution in [3.8, 4) is 17.0 Å². The summed E-state index contributed by atoms with van der Waals surface area (Å²) in [4.78, 5) is 32.8. The van der Waals surface area contributed by atoms with Crippen molar-refractivity contribution < 1.29 is 27.5 Å². The van der Waals surface area contributed by atoms with Gasteiger partial charge in [-0.2, -0.15) is 17.8 Å². The normalized spacial score (nSPS) is 22.2. The minimum absolute atomic E-state index is 0.0145. The van der Waals surface area contributed by atoms with Crippen molar-refractivity contribution in [3.63, 3.8) is 0 Å². The molecule has 9 rings (SSSR count). The number of hydrogen-bond donors (Lipinski definition) is 1. The third-order valence-electron chi connectivity index (χ3n) is 12.5. The molecule has 4 fully saturated rings. The molecule has 1 N–H and O–H groups in total. The van der Waals surface area contributed by atoms with Gasteiger partial charge in [-0.1, -0.05) is 25.3 Å². The lowest BCUT2D eigenvalue weighted by molar-refractivity contribution is 0.0472. The highest BCUT2D eigenvalue weighted by atomic mass is 32.2. The van der Waals surface area contributed by atoms with Gasteiger partial charge >= 0.3 is 10.2 Å². The number of nitrogens with zero attached hydrogens (tertiary/aromatic N) is 6. The van der Waals surface area contributed by atoms with Gasteiger partial charge in [0.15, 0.2) is 0 Å². The molecule has 0 radical (unpaired) electrons. The van der Waals surface area contributed by atoms with Gasteiger partial charge in [0.25, 0.3) is 11.8 Å². The average Bonchev–Trinajstić information content (AvgIpc) is 3.78. The van der Waals surface area contributed by atoms with E-state index in [1.54, 1.807) is 19.4 Å². The topological polar surface area (TPSA) is 131 Å². The molecule has 1 aliphatic carbocycles. The third kappa shape index (κ3) is 6.36. The fourth-order valence-electron chi connectivity index (χ4n) is 9.91. The first-order valence-corrected chi connectivity index (χ1v) is 21.0. The Hall–Kier alpha value is -4.50. The van der Waals surface area contributed by atoms with Crippen LogP contribution in [0.25, 0.3) is 33.8 Å². The molecule has 55 heavy (non-hydrogen) atoms. The second-order valence-electron chi connectivity index (χ2n) is 15.8. The van der Waals surface area contributed by atoms with Crippen LogP contribution < -0.4 is 9.46 Å². The lowest BCUT2D eigenvalue weighted by atomic mass is 9.81. The number of methoxy groups -OCH3 is 1. The van der Waals surface area contributed by atoms with E-state index in [-0.39, 0.29) is 49.9 Å². The summed E-state index contributed by atoms with van der Waals surface area (Å²) in [5.41, 5.74) is 7.70. The highest BCUT2D eigenvalue weighted by molar-refractivity contribution is 7.87. The lowest BCUT2D eigenvalue weighted by Crippen LogP contribution is -2.54. The largest absolute Gasteiger partial charge is 0.497 e. The molecule has 13 nitrogen and oxygen atoms in total. The minimum Gasteiger partial charge on any atom is -0.497 e. The van der Waals surface area contributed by atoms with Gasteiger partial charge in [-0.3, -0.25) is 14.3 Å². The first-order valence-electron chi connectivity index (χ1n) is 19.6. The molecule has 2 unspecified atom stereocenters. The average molecular weight is 768 g/mol. The zero-order valence-corrected chi connectivity index (χ0v) is 32.6. The summed E-state index contributed by atoms with van der Waals surface area (Å²) in [7, 11) is 1.63. The van der Waals surface area contributed by atoms with Gasteiger partial charge in [0, 0.05) is 67.3 Å². The minimum atomic E-state index is -4.06. The molecule has 5 aliphatic rings. The van der Waals surface area contributed by atoms with Crippen molar-refractivity contribution in [1.82, 2.24) is 33.2 Å². The molecular weight excluding hydrogens is 719 g/mol. The number of carbonyl (C=O) groups is 2. The molecule has 6 heterocycles. The number of likely N-dealkylation sites (N-methyl/N-ethyl adjacent to an activating group) is 1. The van der Waals surface area contributed by atoms with E-state index in [4.69, 9.17) is 9.47 Å². The number of nitrogens with one attached hydrogen (secondary N) is 1. The Morgan fingerprint density at radius 3 is 2.40 bits per heavy atom. The van der Waals surface area contributed by atoms with Gasteiger partial charge in [0.1, 0.15) is 5.75 Å². The van der Waals surface area contributed by atoms with Gasteiger partial charge in [-0.15, -0.1) is 0 Å². The van der Waals surface area contributed by atoms with Crippen molar-refractivity contribution in [3.05, 3.63) is 70.5 Å². The second kappa shape index (κ2) is 14.2. The number of allylic oxidation sites excluding steroid dienone is 1. The van der Waals surface area contributed by atoms with Gasteiger partial charge < -0.3 is 23.8 Å². The molecular formula is C41H49N7O6S. The number of piperazine rings is 1. The summed E-state index contributed by atoms with van der Waals surface area (Å²) in [6.07, 6.45) is 11.5. The van der Waals surface area contributed by atoms with Crippen LogP contribution in [0.2, 0.25) is 0 Å². The SMILES string of the molecule is COc1ccc2c(c1)C=C(c1c(C(=O)N3C4CCC3CN(C)C4)cnn1C)Cn1c-2c(C2CCCCC2)c2ccc(C(=O)NS(=O)(=O)N3CCOCC3)cc21. The molecule has 4 aromatic rings. The quantitative estimate of drug-likeness (QED) is 0.282. The summed E-state index contributed by atoms with van der Waals surface area (Å²) >= 11 is 0. The molecule has 2 aromatic carbocycles. The van der Waals surface area contributed by atoms with E-state index in [0.29, 0.717) is 18.0 Å². The van der Waals surface area contributed by atoms with Crippen LogP contribution in [0.1, 0.15) is 88.4 Å². The van der Waals surface area contributed by atoms with Gasteiger partial charge in [-0.05, 0) is 91.8 Å². The predicted molar refractivity (Wildman–Crippen MR) is 210 cm³/mol. The van der Waals surface area contributed by atoms with E-state index < -0.39 is 16.1 Å². The first-order chi connectivity index (χ1) is 26.6. The monoisotopic (exact) mass is 767 g/mol. The molecule has 2 aromatic heterocycles. The number of benzene rings is 2. The van der Waals surface area contributed by atoms with Crippen molar-refractivity contribution in [1.29, 1.82) is 0 Å². The number of aryl methyl sites for hydroxylation is 1. The fraction of sp³-hybridized carbons (Fsp3) is 0.488. The maximum atomic E-state index is 14.6. The van der Waals surface area contributed by atoms with Crippen LogP contribution in [-0.4, -0.2) is 114 Å². The Labute approximate surface area is 322 Å². The standard InChI is InChI=1S/C41H49N7O6S/c1-44-24-30-10-11-31(25-44)48(30)41(50)35-22-42-45(2)38(35)29-19-28-20-32(53-3)12-14-33(28)39-37(26-7-5-4-6-8-26)34-13-9-27(21-36(34)47(39)23-29)40(49)43-55(51,52)46-15-17-54-18-16-46/h9,12-14,19-22,26,30-31H,4-8,10-11,15-18,23-25H2,1-3H3,(H,43,49). The molecule has 4 aliphatic heterocycles. The third-order valence-corrected chi connectivity index (χ3v) is 13.9. The Morgan fingerprint density at radius 1 is 0.927 bits per heavy atom. The number of likely N-dealkylation sites (tertiary alicyclic amines) is 1. The molecule has 3 saturated heterocycles.